The largest absolute Gasteiger partial charge is 0.497 e. The first-order chi connectivity index (χ1) is 14.9. The Kier molecular flexibility index (Phi) is 5.78. The highest BCUT2D eigenvalue weighted by Gasteiger charge is 2.22. The summed E-state index contributed by atoms with van der Waals surface area (Å²) in [5.41, 5.74) is 1.07. The summed E-state index contributed by atoms with van der Waals surface area (Å²) in [5.74, 6) is -0.0434. The zero-order valence-corrected chi connectivity index (χ0v) is 18.3. The number of nitro groups is 1. The highest BCUT2D eigenvalue weighted by atomic mass is 79.9. The van der Waals surface area contributed by atoms with E-state index in [0.29, 0.717) is 22.0 Å². The number of furan rings is 1. The molecule has 0 aliphatic heterocycles. The number of carbonyl (C=O) groups excluding carboxylic acids is 1. The van der Waals surface area contributed by atoms with Gasteiger partial charge in [0.2, 0.25) is 5.13 Å². The lowest BCUT2D eigenvalue weighted by Crippen LogP contribution is -2.25. The number of amides is 1. The zero-order chi connectivity index (χ0) is 22.0. The van der Waals surface area contributed by atoms with E-state index in [0.717, 1.165) is 14.2 Å². The molecule has 1 amide bonds. The number of hydrogen-bond donors (Lipinski definition) is 0. The summed E-state index contributed by atoms with van der Waals surface area (Å²) in [4.78, 5) is 27.9. The van der Waals surface area contributed by atoms with Gasteiger partial charge in [-0.15, -0.1) is 0 Å². The van der Waals surface area contributed by atoms with Crippen molar-refractivity contribution in [2.24, 2.45) is 5.10 Å². The van der Waals surface area contributed by atoms with Crippen molar-refractivity contribution in [3.63, 3.8) is 0 Å². The first-order valence-corrected chi connectivity index (χ1v) is 10.4. The molecule has 2 aromatic heterocycles. The number of anilines is 1. The van der Waals surface area contributed by atoms with Crippen molar-refractivity contribution in [1.82, 2.24) is 4.98 Å². The molecule has 31 heavy (non-hydrogen) atoms. The quantitative estimate of drug-likeness (QED) is 0.203. The van der Waals surface area contributed by atoms with E-state index in [1.54, 1.807) is 43.5 Å². The Morgan fingerprint density at radius 2 is 2.03 bits per heavy atom. The molecule has 0 N–H and O–H groups in total. The summed E-state index contributed by atoms with van der Waals surface area (Å²) >= 11 is 4.60. The number of nitrogens with zero attached hydrogens (tertiary/aromatic N) is 4. The summed E-state index contributed by atoms with van der Waals surface area (Å²) < 4.78 is 12.0. The number of aromatic nitrogens is 1. The molecule has 4 rings (SSSR count). The SMILES string of the molecule is COc1ccc2nc(N(/N=C/c3ccc([N+](=O)[O-])o3)C(=O)c3ccc(Br)cc3)sc2c1. The van der Waals surface area contributed by atoms with Crippen LogP contribution in [0.15, 0.2) is 68.6 Å². The molecule has 0 saturated heterocycles. The van der Waals surface area contributed by atoms with Gasteiger partial charge in [0.25, 0.3) is 5.91 Å². The van der Waals surface area contributed by atoms with Gasteiger partial charge < -0.3 is 9.15 Å². The molecule has 9 nitrogen and oxygen atoms in total. The molecule has 4 aromatic rings. The number of rotatable bonds is 6. The third-order valence-corrected chi connectivity index (χ3v) is 5.66. The predicted molar refractivity (Wildman–Crippen MR) is 120 cm³/mol. The molecule has 0 unspecified atom stereocenters. The van der Waals surface area contributed by atoms with Crippen LogP contribution in [0.2, 0.25) is 0 Å². The minimum atomic E-state index is -0.650. The Bertz CT molecular complexity index is 1300. The zero-order valence-electron chi connectivity index (χ0n) is 15.9. The van der Waals surface area contributed by atoms with E-state index >= 15 is 0 Å². The van der Waals surface area contributed by atoms with Crippen LogP contribution in [0.3, 0.4) is 0 Å². The molecule has 0 aliphatic rings. The molecular formula is C20H13BrN4O5S. The van der Waals surface area contributed by atoms with Crippen molar-refractivity contribution in [3.05, 3.63) is 80.5 Å². The van der Waals surface area contributed by atoms with Crippen molar-refractivity contribution in [2.75, 3.05) is 12.1 Å². The number of ether oxygens (including phenoxy) is 1. The summed E-state index contributed by atoms with van der Waals surface area (Å²) in [6.07, 6.45) is 1.23. The monoisotopic (exact) mass is 500 g/mol. The van der Waals surface area contributed by atoms with E-state index in [9.17, 15) is 14.9 Å². The fraction of sp³-hybridized carbons (Fsp3) is 0.0500. The van der Waals surface area contributed by atoms with Gasteiger partial charge in [-0.25, -0.2) is 4.98 Å². The maximum Gasteiger partial charge on any atom is 0.433 e. The molecule has 0 bridgehead atoms. The predicted octanol–water partition coefficient (Wildman–Crippen LogP) is 5.25. The van der Waals surface area contributed by atoms with Crippen molar-refractivity contribution >= 4 is 60.6 Å². The Balaban J connectivity index is 1.74. The molecule has 0 saturated carbocycles. The van der Waals surface area contributed by atoms with Crippen molar-refractivity contribution in [1.29, 1.82) is 0 Å². The Morgan fingerprint density at radius 1 is 1.26 bits per heavy atom. The van der Waals surface area contributed by atoms with Crippen LogP contribution in [0.1, 0.15) is 16.1 Å². The van der Waals surface area contributed by atoms with Crippen LogP contribution in [0.4, 0.5) is 11.0 Å². The van der Waals surface area contributed by atoms with E-state index in [4.69, 9.17) is 9.15 Å². The van der Waals surface area contributed by atoms with Gasteiger partial charge in [-0.3, -0.25) is 14.9 Å². The second-order valence-corrected chi connectivity index (χ2v) is 8.06. The van der Waals surface area contributed by atoms with Gasteiger partial charge in [-0.2, -0.15) is 10.1 Å². The van der Waals surface area contributed by atoms with Crippen molar-refractivity contribution in [3.8, 4) is 5.75 Å². The Morgan fingerprint density at radius 3 is 2.71 bits per heavy atom. The molecular weight excluding hydrogens is 488 g/mol. The van der Waals surface area contributed by atoms with Crippen LogP contribution in [0.25, 0.3) is 10.2 Å². The van der Waals surface area contributed by atoms with Crippen LogP contribution in [-0.2, 0) is 0 Å². The average molecular weight is 501 g/mol. The van der Waals surface area contributed by atoms with Gasteiger partial charge in [-0.1, -0.05) is 27.3 Å². The summed E-state index contributed by atoms with van der Waals surface area (Å²) in [7, 11) is 1.57. The van der Waals surface area contributed by atoms with Gasteiger partial charge in [-0.05, 0) is 48.5 Å². The van der Waals surface area contributed by atoms with Crippen LogP contribution in [0, 0.1) is 10.1 Å². The van der Waals surface area contributed by atoms with Crippen LogP contribution < -0.4 is 9.75 Å². The highest BCUT2D eigenvalue weighted by Crippen LogP contribution is 2.32. The summed E-state index contributed by atoms with van der Waals surface area (Å²) in [6.45, 7) is 0. The lowest BCUT2D eigenvalue weighted by molar-refractivity contribution is -0.402. The van der Waals surface area contributed by atoms with Gasteiger partial charge in [0.15, 0.2) is 5.76 Å². The lowest BCUT2D eigenvalue weighted by atomic mass is 10.2. The summed E-state index contributed by atoms with van der Waals surface area (Å²) in [5, 5.41) is 16.5. The second kappa shape index (κ2) is 8.66. The normalized spacial score (nSPS) is 11.2. The van der Waals surface area contributed by atoms with E-state index in [1.165, 1.54) is 29.7 Å². The lowest BCUT2D eigenvalue weighted by Gasteiger charge is -2.13. The number of thiazole rings is 1. The number of benzene rings is 2. The molecule has 2 aromatic carbocycles. The molecule has 0 fully saturated rings. The van der Waals surface area contributed by atoms with Gasteiger partial charge in [0.1, 0.15) is 10.7 Å². The molecule has 0 radical (unpaired) electrons. The number of hydrogen-bond acceptors (Lipinski definition) is 8. The van der Waals surface area contributed by atoms with Gasteiger partial charge in [0.05, 0.1) is 29.6 Å². The number of hydrazone groups is 1. The third-order valence-electron chi connectivity index (χ3n) is 4.14. The molecule has 2 heterocycles. The number of halogens is 1. The minimum absolute atomic E-state index is 0.128. The number of fused-ring (bicyclic) bond motifs is 1. The summed E-state index contributed by atoms with van der Waals surface area (Å²) in [6, 6.07) is 14.8. The van der Waals surface area contributed by atoms with E-state index < -0.39 is 16.7 Å². The maximum absolute atomic E-state index is 13.2. The molecule has 11 heteroatoms. The first-order valence-electron chi connectivity index (χ1n) is 8.77. The standard InChI is InChI=1S/C20H13BrN4O5S/c1-29-14-6-8-16-17(10-14)31-20(23-16)24(19(26)12-2-4-13(21)5-3-12)22-11-15-7-9-18(30-15)25(27)28/h2-11H,1H3/b22-11+. The van der Waals surface area contributed by atoms with Crippen LogP contribution in [-0.4, -0.2) is 29.1 Å². The first kappa shape index (κ1) is 20.7. The number of methoxy groups -OCH3 is 1. The smallest absolute Gasteiger partial charge is 0.433 e. The van der Waals surface area contributed by atoms with E-state index in [-0.39, 0.29) is 5.76 Å². The number of carbonyl (C=O) groups is 1. The molecule has 156 valence electrons. The third kappa shape index (κ3) is 4.47. The fourth-order valence-electron chi connectivity index (χ4n) is 2.64. The highest BCUT2D eigenvalue weighted by molar-refractivity contribution is 9.10. The van der Waals surface area contributed by atoms with Crippen molar-refractivity contribution in [2.45, 2.75) is 0 Å². The van der Waals surface area contributed by atoms with Crippen molar-refractivity contribution < 1.29 is 18.9 Å². The van der Waals surface area contributed by atoms with Gasteiger partial charge >= 0.3 is 5.88 Å². The van der Waals surface area contributed by atoms with E-state index in [2.05, 4.69) is 26.0 Å². The average Bonchev–Trinajstić information content (AvgIpc) is 3.41. The maximum atomic E-state index is 13.2. The van der Waals surface area contributed by atoms with Gasteiger partial charge in [0, 0.05) is 10.0 Å². The molecule has 0 aliphatic carbocycles. The molecule has 0 spiro atoms. The Hall–Kier alpha value is -3.57. The van der Waals surface area contributed by atoms with Crippen LogP contribution in [0.5, 0.6) is 5.75 Å². The second-order valence-electron chi connectivity index (χ2n) is 6.13. The Labute approximate surface area is 187 Å². The minimum Gasteiger partial charge on any atom is -0.497 e. The topological polar surface area (TPSA) is 111 Å². The van der Waals surface area contributed by atoms with E-state index in [1.807, 2.05) is 6.07 Å². The van der Waals surface area contributed by atoms with Crippen LogP contribution >= 0.6 is 27.3 Å². The fourth-order valence-corrected chi connectivity index (χ4v) is 3.85. The molecule has 0 atom stereocenters.